The minimum atomic E-state index is 0.565. The predicted molar refractivity (Wildman–Crippen MR) is 65.8 cm³/mol. The van der Waals surface area contributed by atoms with Gasteiger partial charge in [0.1, 0.15) is 0 Å². The lowest BCUT2D eigenvalue weighted by atomic mass is 9.98. The summed E-state index contributed by atoms with van der Waals surface area (Å²) in [5, 5.41) is 5.11. The first kappa shape index (κ1) is 11.3. The third kappa shape index (κ3) is 3.10. The van der Waals surface area contributed by atoms with Gasteiger partial charge in [0.05, 0.1) is 0 Å². The molecule has 15 heavy (non-hydrogen) atoms. The number of piperidine rings is 1. The lowest BCUT2D eigenvalue weighted by molar-refractivity contribution is 0.399. The molecule has 82 valence electrons. The van der Waals surface area contributed by atoms with Crippen molar-refractivity contribution < 1.29 is 0 Å². The quantitative estimate of drug-likeness (QED) is 0.836. The van der Waals surface area contributed by atoms with Crippen molar-refractivity contribution in [3.05, 3.63) is 33.8 Å². The average molecular weight is 244 g/mol. The minimum absolute atomic E-state index is 0.565. The molecule has 1 aromatic carbocycles. The molecule has 1 N–H and O–H groups in total. The molecule has 0 amide bonds. The van der Waals surface area contributed by atoms with E-state index in [1.807, 2.05) is 18.2 Å². The van der Waals surface area contributed by atoms with Gasteiger partial charge < -0.3 is 5.32 Å². The summed E-state index contributed by atoms with van der Waals surface area (Å²) in [6.07, 6.45) is 4.83. The van der Waals surface area contributed by atoms with E-state index in [1.165, 1.54) is 19.3 Å². The van der Waals surface area contributed by atoms with Crippen molar-refractivity contribution in [2.24, 2.45) is 0 Å². The van der Waals surface area contributed by atoms with Crippen LogP contribution in [0, 0.1) is 0 Å². The van der Waals surface area contributed by atoms with E-state index in [2.05, 4.69) is 5.32 Å². The monoisotopic (exact) mass is 243 g/mol. The Labute approximate surface area is 101 Å². The van der Waals surface area contributed by atoms with Crippen LogP contribution in [0.25, 0.3) is 0 Å². The van der Waals surface area contributed by atoms with Gasteiger partial charge in [-0.15, -0.1) is 0 Å². The highest BCUT2D eigenvalue weighted by Gasteiger charge is 2.14. The van der Waals surface area contributed by atoms with Gasteiger partial charge in [-0.25, -0.2) is 0 Å². The molecule has 1 nitrogen and oxygen atoms in total. The largest absolute Gasteiger partial charge is 0.314 e. The lowest BCUT2D eigenvalue weighted by Crippen LogP contribution is -2.35. The molecule has 1 saturated heterocycles. The Kier molecular flexibility index (Phi) is 3.90. The van der Waals surface area contributed by atoms with E-state index in [1.54, 1.807) is 0 Å². The number of rotatable bonds is 2. The molecule has 1 heterocycles. The molecule has 1 fully saturated rings. The molecule has 0 radical (unpaired) electrons. The summed E-state index contributed by atoms with van der Waals surface area (Å²) in [6, 6.07) is 6.25. The Morgan fingerprint density at radius 2 is 2.13 bits per heavy atom. The summed E-state index contributed by atoms with van der Waals surface area (Å²) in [6.45, 7) is 1.13. The van der Waals surface area contributed by atoms with Gasteiger partial charge in [-0.1, -0.05) is 29.6 Å². The highest BCUT2D eigenvalue weighted by Crippen LogP contribution is 2.23. The van der Waals surface area contributed by atoms with Crippen molar-refractivity contribution >= 4 is 23.2 Å². The van der Waals surface area contributed by atoms with Crippen LogP contribution in [0.5, 0.6) is 0 Å². The van der Waals surface area contributed by atoms with Gasteiger partial charge in [0.2, 0.25) is 0 Å². The van der Waals surface area contributed by atoms with Crippen LogP contribution < -0.4 is 5.32 Å². The number of hydrogen-bond donors (Lipinski definition) is 1. The highest BCUT2D eigenvalue weighted by molar-refractivity contribution is 6.33. The first-order valence-corrected chi connectivity index (χ1v) is 6.18. The Balaban J connectivity index is 2.05. The van der Waals surface area contributed by atoms with Crippen LogP contribution in [-0.4, -0.2) is 12.6 Å². The van der Waals surface area contributed by atoms with E-state index >= 15 is 0 Å². The zero-order valence-corrected chi connectivity index (χ0v) is 10.1. The fourth-order valence-electron chi connectivity index (χ4n) is 2.06. The molecule has 0 saturated carbocycles. The van der Waals surface area contributed by atoms with E-state index in [0.29, 0.717) is 6.04 Å². The molecule has 1 aromatic rings. The van der Waals surface area contributed by atoms with Crippen LogP contribution in [-0.2, 0) is 6.42 Å². The van der Waals surface area contributed by atoms with Gasteiger partial charge in [0, 0.05) is 16.1 Å². The molecule has 0 bridgehead atoms. The molecule has 3 heteroatoms. The maximum atomic E-state index is 6.13. The van der Waals surface area contributed by atoms with E-state index in [4.69, 9.17) is 23.2 Å². The van der Waals surface area contributed by atoms with Crippen molar-refractivity contribution in [3.8, 4) is 0 Å². The Bertz CT molecular complexity index is 332. The fourth-order valence-corrected chi connectivity index (χ4v) is 2.45. The lowest BCUT2D eigenvalue weighted by Gasteiger charge is -2.23. The zero-order chi connectivity index (χ0) is 10.7. The molecular weight excluding hydrogens is 229 g/mol. The second-order valence-electron chi connectivity index (χ2n) is 4.09. The Morgan fingerprint density at radius 3 is 2.87 bits per heavy atom. The number of nitrogens with one attached hydrogen (secondary N) is 1. The summed E-state index contributed by atoms with van der Waals surface area (Å²) in [7, 11) is 0. The molecular formula is C12H15Cl2N. The topological polar surface area (TPSA) is 12.0 Å². The summed E-state index contributed by atoms with van der Waals surface area (Å²) in [5.74, 6) is 0. The van der Waals surface area contributed by atoms with Crippen LogP contribution >= 0.6 is 23.2 Å². The Hall–Kier alpha value is -0.240. The van der Waals surface area contributed by atoms with Gasteiger partial charge in [-0.3, -0.25) is 0 Å². The summed E-state index contributed by atoms with van der Waals surface area (Å²) in [4.78, 5) is 0. The summed E-state index contributed by atoms with van der Waals surface area (Å²) >= 11 is 12.1. The van der Waals surface area contributed by atoms with Crippen LogP contribution in [0.2, 0.25) is 10.0 Å². The summed E-state index contributed by atoms with van der Waals surface area (Å²) in [5.41, 5.74) is 1.16. The third-order valence-corrected chi connectivity index (χ3v) is 3.49. The van der Waals surface area contributed by atoms with Gasteiger partial charge in [-0.05, 0) is 49.6 Å². The molecule has 1 aliphatic heterocycles. The Morgan fingerprint density at radius 1 is 1.27 bits per heavy atom. The molecule has 0 spiro atoms. The van der Waals surface area contributed by atoms with Crippen molar-refractivity contribution in [2.75, 3.05) is 6.54 Å². The maximum absolute atomic E-state index is 6.13. The van der Waals surface area contributed by atoms with Gasteiger partial charge in [0.15, 0.2) is 0 Å². The number of halogens is 2. The average Bonchev–Trinajstić information content (AvgIpc) is 2.25. The number of benzene rings is 1. The minimum Gasteiger partial charge on any atom is -0.314 e. The third-order valence-electron chi connectivity index (χ3n) is 2.89. The maximum Gasteiger partial charge on any atom is 0.0439 e. The standard InChI is InChI=1S/C12H15Cl2N/c13-10-4-5-12(14)9(7-10)8-11-3-1-2-6-15-11/h4-5,7,11,15H,1-3,6,8H2. The van der Waals surface area contributed by atoms with Gasteiger partial charge >= 0.3 is 0 Å². The van der Waals surface area contributed by atoms with Crippen LogP contribution in [0.4, 0.5) is 0 Å². The molecule has 0 aliphatic carbocycles. The first-order chi connectivity index (χ1) is 7.25. The number of hydrogen-bond acceptors (Lipinski definition) is 1. The first-order valence-electron chi connectivity index (χ1n) is 5.43. The van der Waals surface area contributed by atoms with E-state index in [0.717, 1.165) is 28.6 Å². The van der Waals surface area contributed by atoms with Crippen molar-refractivity contribution in [1.82, 2.24) is 5.32 Å². The van der Waals surface area contributed by atoms with Crippen molar-refractivity contribution in [2.45, 2.75) is 31.7 Å². The van der Waals surface area contributed by atoms with E-state index < -0.39 is 0 Å². The van der Waals surface area contributed by atoms with Crippen LogP contribution in [0.1, 0.15) is 24.8 Å². The molecule has 1 atom stereocenters. The van der Waals surface area contributed by atoms with Crippen LogP contribution in [0.3, 0.4) is 0 Å². The molecule has 2 rings (SSSR count). The van der Waals surface area contributed by atoms with Gasteiger partial charge in [0.25, 0.3) is 0 Å². The fraction of sp³-hybridized carbons (Fsp3) is 0.500. The zero-order valence-electron chi connectivity index (χ0n) is 8.60. The predicted octanol–water partition coefficient (Wildman–Crippen LogP) is 3.68. The van der Waals surface area contributed by atoms with Crippen molar-refractivity contribution in [3.63, 3.8) is 0 Å². The van der Waals surface area contributed by atoms with E-state index in [9.17, 15) is 0 Å². The smallest absolute Gasteiger partial charge is 0.0439 e. The molecule has 0 aromatic heterocycles. The van der Waals surface area contributed by atoms with Gasteiger partial charge in [-0.2, -0.15) is 0 Å². The molecule has 1 unspecified atom stereocenters. The van der Waals surface area contributed by atoms with Crippen LogP contribution in [0.15, 0.2) is 18.2 Å². The molecule has 1 aliphatic rings. The van der Waals surface area contributed by atoms with Crippen molar-refractivity contribution in [1.29, 1.82) is 0 Å². The summed E-state index contributed by atoms with van der Waals surface area (Å²) < 4.78 is 0. The SMILES string of the molecule is Clc1ccc(Cl)c(CC2CCCCN2)c1. The highest BCUT2D eigenvalue weighted by atomic mass is 35.5. The normalized spacial score (nSPS) is 21.6. The second kappa shape index (κ2) is 5.20. The van der Waals surface area contributed by atoms with E-state index in [-0.39, 0.29) is 0 Å². The second-order valence-corrected chi connectivity index (χ2v) is 4.93.